The summed E-state index contributed by atoms with van der Waals surface area (Å²) in [6.07, 6.45) is 5.74. The SMILES string of the molecule is COC(=O)c1ccc(Cn2ccc3cc(NC(=O)OC4CCCC4)ccc32)c(OC)c1. The minimum Gasteiger partial charge on any atom is -0.496 e. The number of aromatic nitrogens is 1. The van der Waals surface area contributed by atoms with Gasteiger partial charge in [-0.3, -0.25) is 5.32 Å². The Balaban J connectivity index is 1.49. The van der Waals surface area contributed by atoms with Crippen LogP contribution in [0.15, 0.2) is 48.7 Å². The van der Waals surface area contributed by atoms with E-state index in [9.17, 15) is 9.59 Å². The van der Waals surface area contributed by atoms with Crippen molar-refractivity contribution in [2.24, 2.45) is 0 Å². The van der Waals surface area contributed by atoms with Gasteiger partial charge in [0.1, 0.15) is 11.9 Å². The lowest BCUT2D eigenvalue weighted by Gasteiger charge is -2.13. The highest BCUT2D eigenvalue weighted by Gasteiger charge is 2.19. The molecule has 1 aliphatic rings. The smallest absolute Gasteiger partial charge is 0.411 e. The van der Waals surface area contributed by atoms with Gasteiger partial charge in [-0.25, -0.2) is 9.59 Å². The Hall–Kier alpha value is -3.48. The van der Waals surface area contributed by atoms with Crippen LogP contribution < -0.4 is 10.1 Å². The molecule has 7 heteroatoms. The summed E-state index contributed by atoms with van der Waals surface area (Å²) in [5.74, 6) is 0.223. The Morgan fingerprint density at radius 3 is 2.61 bits per heavy atom. The van der Waals surface area contributed by atoms with Crippen molar-refractivity contribution in [2.45, 2.75) is 38.3 Å². The fourth-order valence-corrected chi connectivity index (χ4v) is 4.02. The predicted molar refractivity (Wildman–Crippen MR) is 118 cm³/mol. The van der Waals surface area contributed by atoms with Gasteiger partial charge in [0.05, 0.1) is 26.3 Å². The molecule has 1 amide bonds. The number of nitrogens with zero attached hydrogens (tertiary/aromatic N) is 1. The molecular formula is C24H26N2O5. The fourth-order valence-electron chi connectivity index (χ4n) is 4.02. The fraction of sp³-hybridized carbons (Fsp3) is 0.333. The van der Waals surface area contributed by atoms with Crippen LogP contribution in [-0.4, -0.2) is 37.0 Å². The van der Waals surface area contributed by atoms with E-state index >= 15 is 0 Å². The van der Waals surface area contributed by atoms with Gasteiger partial charge in [0.2, 0.25) is 0 Å². The number of hydrogen-bond acceptors (Lipinski definition) is 5. The van der Waals surface area contributed by atoms with Gasteiger partial charge in [-0.2, -0.15) is 0 Å². The van der Waals surface area contributed by atoms with Crippen LogP contribution >= 0.6 is 0 Å². The highest BCUT2D eigenvalue weighted by atomic mass is 16.6. The first kappa shape index (κ1) is 20.8. The van der Waals surface area contributed by atoms with Crippen LogP contribution in [-0.2, 0) is 16.0 Å². The van der Waals surface area contributed by atoms with Crippen molar-refractivity contribution < 1.29 is 23.8 Å². The molecule has 162 valence electrons. The first-order valence-corrected chi connectivity index (χ1v) is 10.4. The minimum absolute atomic E-state index is 0.0327. The van der Waals surface area contributed by atoms with E-state index in [1.54, 1.807) is 19.2 Å². The second kappa shape index (κ2) is 9.12. The van der Waals surface area contributed by atoms with Crippen molar-refractivity contribution in [3.63, 3.8) is 0 Å². The molecule has 2 aromatic carbocycles. The van der Waals surface area contributed by atoms with E-state index in [0.717, 1.165) is 42.1 Å². The Morgan fingerprint density at radius 2 is 1.87 bits per heavy atom. The largest absolute Gasteiger partial charge is 0.496 e. The van der Waals surface area contributed by atoms with Crippen LogP contribution in [0.4, 0.5) is 10.5 Å². The van der Waals surface area contributed by atoms with Gasteiger partial charge < -0.3 is 18.8 Å². The molecule has 3 aromatic rings. The molecule has 1 heterocycles. The summed E-state index contributed by atoms with van der Waals surface area (Å²) in [6, 6.07) is 13.0. The number of amides is 1. The molecule has 1 fully saturated rings. The molecule has 0 atom stereocenters. The molecule has 7 nitrogen and oxygen atoms in total. The molecule has 0 spiro atoms. The highest BCUT2D eigenvalue weighted by Crippen LogP contribution is 2.26. The maximum absolute atomic E-state index is 12.1. The molecule has 4 rings (SSSR count). The van der Waals surface area contributed by atoms with E-state index in [4.69, 9.17) is 14.2 Å². The standard InChI is InChI=1S/C24H26N2O5/c1-29-22-14-17(23(27)30-2)7-8-18(22)15-26-12-11-16-13-19(9-10-21(16)26)25-24(28)31-20-5-3-4-6-20/h7-14,20H,3-6,15H2,1-2H3,(H,25,28). The van der Waals surface area contributed by atoms with Crippen LogP contribution in [0.3, 0.4) is 0 Å². The van der Waals surface area contributed by atoms with Gasteiger partial charge >= 0.3 is 12.1 Å². The van der Waals surface area contributed by atoms with E-state index in [2.05, 4.69) is 9.88 Å². The number of fused-ring (bicyclic) bond motifs is 1. The number of rotatable bonds is 6. The molecule has 31 heavy (non-hydrogen) atoms. The van der Waals surface area contributed by atoms with Gasteiger partial charge in [0, 0.05) is 28.4 Å². The van der Waals surface area contributed by atoms with Crippen LogP contribution in [0.1, 0.15) is 41.6 Å². The molecule has 1 saturated carbocycles. The number of anilines is 1. The molecule has 0 radical (unpaired) electrons. The van der Waals surface area contributed by atoms with E-state index in [0.29, 0.717) is 23.5 Å². The summed E-state index contributed by atoms with van der Waals surface area (Å²) in [6.45, 7) is 0.574. The zero-order valence-electron chi connectivity index (χ0n) is 17.7. The Bertz CT molecular complexity index is 1100. The summed E-state index contributed by atoms with van der Waals surface area (Å²) in [7, 11) is 2.93. The van der Waals surface area contributed by atoms with Gasteiger partial charge in [-0.1, -0.05) is 6.07 Å². The molecular weight excluding hydrogens is 396 g/mol. The summed E-state index contributed by atoms with van der Waals surface area (Å²) in [5.41, 5.74) is 3.11. The molecule has 0 aliphatic heterocycles. The Labute approximate surface area is 180 Å². The zero-order valence-corrected chi connectivity index (χ0v) is 17.7. The zero-order chi connectivity index (χ0) is 21.8. The second-order valence-corrected chi connectivity index (χ2v) is 7.67. The number of esters is 1. The first-order valence-electron chi connectivity index (χ1n) is 10.4. The summed E-state index contributed by atoms with van der Waals surface area (Å²) in [5, 5.41) is 3.83. The van der Waals surface area contributed by atoms with Gasteiger partial charge in [-0.05, 0) is 62.1 Å². The third kappa shape index (κ3) is 4.66. The highest BCUT2D eigenvalue weighted by molar-refractivity contribution is 5.91. The Kier molecular flexibility index (Phi) is 6.11. The molecule has 0 bridgehead atoms. The number of hydrogen-bond donors (Lipinski definition) is 1. The number of carbonyl (C=O) groups excluding carboxylic acids is 2. The van der Waals surface area contributed by atoms with Gasteiger partial charge in [-0.15, -0.1) is 0 Å². The lowest BCUT2D eigenvalue weighted by molar-refractivity contribution is 0.0600. The van der Waals surface area contributed by atoms with Crippen LogP contribution in [0, 0.1) is 0 Å². The van der Waals surface area contributed by atoms with Crippen molar-refractivity contribution in [1.29, 1.82) is 0 Å². The van der Waals surface area contributed by atoms with E-state index in [1.807, 2.05) is 36.5 Å². The average Bonchev–Trinajstić information content (AvgIpc) is 3.43. The number of carbonyl (C=O) groups is 2. The van der Waals surface area contributed by atoms with Crippen molar-refractivity contribution in [1.82, 2.24) is 4.57 Å². The van der Waals surface area contributed by atoms with Gasteiger partial charge in [0.25, 0.3) is 0 Å². The number of methoxy groups -OCH3 is 2. The summed E-state index contributed by atoms with van der Waals surface area (Å²) in [4.78, 5) is 23.9. The lowest BCUT2D eigenvalue weighted by Crippen LogP contribution is -2.20. The van der Waals surface area contributed by atoms with Crippen LogP contribution in [0.2, 0.25) is 0 Å². The molecule has 1 aromatic heterocycles. The minimum atomic E-state index is -0.402. The third-order valence-electron chi connectivity index (χ3n) is 5.64. The quantitative estimate of drug-likeness (QED) is 0.567. The van der Waals surface area contributed by atoms with E-state index < -0.39 is 12.1 Å². The number of ether oxygens (including phenoxy) is 3. The lowest BCUT2D eigenvalue weighted by atomic mass is 10.1. The topological polar surface area (TPSA) is 78.8 Å². The molecule has 1 aliphatic carbocycles. The van der Waals surface area contributed by atoms with Crippen molar-refractivity contribution in [3.05, 3.63) is 59.8 Å². The normalized spacial score (nSPS) is 13.9. The maximum Gasteiger partial charge on any atom is 0.411 e. The average molecular weight is 422 g/mol. The van der Waals surface area contributed by atoms with Gasteiger partial charge in [0.15, 0.2) is 0 Å². The number of nitrogens with one attached hydrogen (secondary N) is 1. The predicted octanol–water partition coefficient (Wildman–Crippen LogP) is 4.98. The molecule has 0 unspecified atom stereocenters. The van der Waals surface area contributed by atoms with E-state index in [1.165, 1.54) is 7.11 Å². The van der Waals surface area contributed by atoms with Crippen molar-refractivity contribution >= 4 is 28.7 Å². The maximum atomic E-state index is 12.1. The van der Waals surface area contributed by atoms with Crippen LogP contribution in [0.25, 0.3) is 10.9 Å². The second-order valence-electron chi connectivity index (χ2n) is 7.67. The van der Waals surface area contributed by atoms with Crippen molar-refractivity contribution in [2.75, 3.05) is 19.5 Å². The monoisotopic (exact) mass is 422 g/mol. The Morgan fingerprint density at radius 1 is 1.06 bits per heavy atom. The van der Waals surface area contributed by atoms with Crippen LogP contribution in [0.5, 0.6) is 5.75 Å². The molecule has 0 saturated heterocycles. The summed E-state index contributed by atoms with van der Waals surface area (Å²) >= 11 is 0. The van der Waals surface area contributed by atoms with E-state index in [-0.39, 0.29) is 6.10 Å². The first-order chi connectivity index (χ1) is 15.1. The molecule has 1 N–H and O–H groups in total. The third-order valence-corrected chi connectivity index (χ3v) is 5.64. The van der Waals surface area contributed by atoms with Crippen molar-refractivity contribution in [3.8, 4) is 5.75 Å². The number of benzene rings is 2. The summed E-state index contributed by atoms with van der Waals surface area (Å²) < 4.78 is 17.8.